The summed E-state index contributed by atoms with van der Waals surface area (Å²) in [6.07, 6.45) is 1.39. The van der Waals surface area contributed by atoms with Crippen molar-refractivity contribution in [2.45, 2.75) is 6.92 Å². The number of rotatable bonds is 2. The third-order valence-electron chi connectivity index (χ3n) is 2.88. The van der Waals surface area contributed by atoms with Crippen LogP contribution in [0.4, 0.5) is 4.39 Å². The van der Waals surface area contributed by atoms with Gasteiger partial charge in [0.2, 0.25) is 5.91 Å². The fourth-order valence-corrected chi connectivity index (χ4v) is 1.86. The van der Waals surface area contributed by atoms with Gasteiger partial charge in [-0.05, 0) is 30.7 Å². The van der Waals surface area contributed by atoms with Gasteiger partial charge >= 0.3 is 0 Å². The van der Waals surface area contributed by atoms with Crippen molar-refractivity contribution in [2.24, 2.45) is 12.8 Å². The van der Waals surface area contributed by atoms with E-state index in [2.05, 4.69) is 5.10 Å². The fraction of sp³-hybridized carbons (Fsp3) is 0.154. The zero-order valence-corrected chi connectivity index (χ0v) is 10.5. The maximum absolute atomic E-state index is 14.0. The zero-order chi connectivity index (χ0) is 14.2. The molecular weight excluding hydrogens is 249 g/mol. The minimum absolute atomic E-state index is 0.0439. The van der Waals surface area contributed by atoms with Crippen LogP contribution < -0.4 is 11.3 Å². The van der Waals surface area contributed by atoms with Crippen molar-refractivity contribution in [3.8, 4) is 11.1 Å². The molecule has 0 fully saturated rings. The minimum Gasteiger partial charge on any atom is -0.366 e. The predicted molar refractivity (Wildman–Crippen MR) is 68.1 cm³/mol. The second kappa shape index (κ2) is 4.64. The molecule has 0 spiro atoms. The van der Waals surface area contributed by atoms with Crippen LogP contribution in [0.15, 0.2) is 29.2 Å². The molecule has 19 heavy (non-hydrogen) atoms. The predicted octanol–water partition coefficient (Wildman–Crippen LogP) is 0.994. The first-order valence-electron chi connectivity index (χ1n) is 5.54. The number of halogens is 1. The Kier molecular flexibility index (Phi) is 3.16. The van der Waals surface area contributed by atoms with Crippen molar-refractivity contribution >= 4 is 5.91 Å². The summed E-state index contributed by atoms with van der Waals surface area (Å²) in [4.78, 5) is 23.2. The smallest absolute Gasteiger partial charge is 0.274 e. The largest absolute Gasteiger partial charge is 0.366 e. The SMILES string of the molecule is Cc1cc(F)c(-c2ccnn(C)c2=O)cc1C(N)=O. The topological polar surface area (TPSA) is 78.0 Å². The average molecular weight is 261 g/mol. The van der Waals surface area contributed by atoms with E-state index < -0.39 is 17.3 Å². The Morgan fingerprint density at radius 3 is 2.68 bits per heavy atom. The van der Waals surface area contributed by atoms with E-state index in [4.69, 9.17) is 5.73 Å². The number of hydrogen-bond donors (Lipinski definition) is 1. The molecule has 0 aliphatic carbocycles. The number of nitrogens with zero attached hydrogens (tertiary/aromatic N) is 2. The lowest BCUT2D eigenvalue weighted by Gasteiger charge is -2.08. The number of aromatic nitrogens is 2. The molecule has 5 nitrogen and oxygen atoms in total. The molecule has 1 aromatic heterocycles. The second-order valence-corrected chi connectivity index (χ2v) is 4.18. The highest BCUT2D eigenvalue weighted by molar-refractivity contribution is 5.95. The van der Waals surface area contributed by atoms with Crippen LogP contribution >= 0.6 is 0 Å². The molecule has 2 rings (SSSR count). The molecule has 0 unspecified atom stereocenters. The van der Waals surface area contributed by atoms with Crippen molar-refractivity contribution in [2.75, 3.05) is 0 Å². The van der Waals surface area contributed by atoms with Crippen LogP contribution in [0.25, 0.3) is 11.1 Å². The van der Waals surface area contributed by atoms with E-state index in [0.717, 1.165) is 4.68 Å². The van der Waals surface area contributed by atoms with E-state index in [1.165, 1.54) is 31.4 Å². The van der Waals surface area contributed by atoms with Gasteiger partial charge in [-0.1, -0.05) is 0 Å². The van der Waals surface area contributed by atoms with E-state index in [9.17, 15) is 14.0 Å². The summed E-state index contributed by atoms with van der Waals surface area (Å²) in [6.45, 7) is 1.58. The Bertz CT molecular complexity index is 722. The lowest BCUT2D eigenvalue weighted by atomic mass is 10.00. The number of benzene rings is 1. The van der Waals surface area contributed by atoms with E-state index in [1.807, 2.05) is 0 Å². The lowest BCUT2D eigenvalue weighted by Crippen LogP contribution is -2.21. The molecule has 0 atom stereocenters. The third kappa shape index (κ3) is 2.24. The Labute approximate surface area is 108 Å². The Hall–Kier alpha value is -2.50. The van der Waals surface area contributed by atoms with Crippen LogP contribution in [0.1, 0.15) is 15.9 Å². The van der Waals surface area contributed by atoms with Crippen LogP contribution in [0, 0.1) is 12.7 Å². The van der Waals surface area contributed by atoms with Gasteiger partial charge in [-0.25, -0.2) is 9.07 Å². The van der Waals surface area contributed by atoms with Crippen molar-refractivity contribution in [1.29, 1.82) is 0 Å². The molecule has 6 heteroatoms. The number of carbonyl (C=O) groups is 1. The monoisotopic (exact) mass is 261 g/mol. The molecule has 2 N–H and O–H groups in total. The molecule has 1 amide bonds. The minimum atomic E-state index is -0.662. The highest BCUT2D eigenvalue weighted by Crippen LogP contribution is 2.23. The van der Waals surface area contributed by atoms with Crippen molar-refractivity contribution < 1.29 is 9.18 Å². The van der Waals surface area contributed by atoms with E-state index in [-0.39, 0.29) is 16.7 Å². The van der Waals surface area contributed by atoms with Crippen molar-refractivity contribution in [3.05, 3.63) is 51.7 Å². The van der Waals surface area contributed by atoms with Gasteiger partial charge in [-0.15, -0.1) is 0 Å². The molecule has 0 aliphatic heterocycles. The van der Waals surface area contributed by atoms with Gasteiger partial charge in [0.25, 0.3) is 5.56 Å². The molecule has 2 aromatic rings. The van der Waals surface area contributed by atoms with Crippen LogP contribution in [-0.4, -0.2) is 15.7 Å². The summed E-state index contributed by atoms with van der Waals surface area (Å²) in [6, 6.07) is 3.89. The van der Waals surface area contributed by atoms with Crippen molar-refractivity contribution in [1.82, 2.24) is 9.78 Å². The summed E-state index contributed by atoms with van der Waals surface area (Å²) < 4.78 is 15.1. The van der Waals surface area contributed by atoms with Gasteiger partial charge in [-0.3, -0.25) is 9.59 Å². The molecule has 0 saturated heterocycles. The van der Waals surface area contributed by atoms with Crippen LogP contribution in [0.5, 0.6) is 0 Å². The number of amides is 1. The molecule has 0 aliphatic rings. The molecule has 1 heterocycles. The summed E-state index contributed by atoms with van der Waals surface area (Å²) in [5.74, 6) is -1.24. The molecule has 98 valence electrons. The van der Waals surface area contributed by atoms with Crippen LogP contribution in [-0.2, 0) is 7.05 Å². The average Bonchev–Trinajstić information content (AvgIpc) is 2.33. The van der Waals surface area contributed by atoms with E-state index in [0.29, 0.717) is 5.56 Å². The molecule has 0 bridgehead atoms. The normalized spacial score (nSPS) is 10.5. The number of hydrogen-bond acceptors (Lipinski definition) is 3. The summed E-state index contributed by atoms with van der Waals surface area (Å²) >= 11 is 0. The Morgan fingerprint density at radius 2 is 2.05 bits per heavy atom. The summed E-state index contributed by atoms with van der Waals surface area (Å²) in [7, 11) is 1.47. The number of carbonyl (C=O) groups excluding carboxylic acids is 1. The number of primary amides is 1. The molecular formula is C13H12FN3O2. The van der Waals surface area contributed by atoms with Gasteiger partial charge in [0.15, 0.2) is 0 Å². The van der Waals surface area contributed by atoms with Crippen LogP contribution in [0.3, 0.4) is 0 Å². The van der Waals surface area contributed by atoms with Gasteiger partial charge < -0.3 is 5.73 Å². The standard InChI is InChI=1S/C13H12FN3O2/c1-7-5-11(14)10(6-9(7)12(15)18)8-3-4-16-17(2)13(8)19/h3-6H,1-2H3,(H2,15,18). The Balaban J connectivity index is 2.76. The van der Waals surface area contributed by atoms with Gasteiger partial charge in [0.05, 0.1) is 5.56 Å². The van der Waals surface area contributed by atoms with E-state index in [1.54, 1.807) is 6.92 Å². The summed E-state index contributed by atoms with van der Waals surface area (Å²) in [5.41, 5.74) is 5.58. The van der Waals surface area contributed by atoms with Gasteiger partial charge in [0, 0.05) is 24.4 Å². The number of nitrogens with two attached hydrogens (primary N) is 1. The molecule has 1 aromatic carbocycles. The first-order chi connectivity index (χ1) is 8.91. The molecule has 0 radical (unpaired) electrons. The third-order valence-corrected chi connectivity index (χ3v) is 2.88. The van der Waals surface area contributed by atoms with E-state index >= 15 is 0 Å². The Morgan fingerprint density at radius 1 is 1.37 bits per heavy atom. The first kappa shape index (κ1) is 12.9. The van der Waals surface area contributed by atoms with Crippen LogP contribution in [0.2, 0.25) is 0 Å². The highest BCUT2D eigenvalue weighted by Gasteiger charge is 2.15. The second-order valence-electron chi connectivity index (χ2n) is 4.18. The highest BCUT2D eigenvalue weighted by atomic mass is 19.1. The van der Waals surface area contributed by atoms with Gasteiger partial charge in [0.1, 0.15) is 5.82 Å². The maximum Gasteiger partial charge on any atom is 0.274 e. The maximum atomic E-state index is 14.0. The molecule has 0 saturated carbocycles. The van der Waals surface area contributed by atoms with Gasteiger partial charge in [-0.2, -0.15) is 5.10 Å². The fourth-order valence-electron chi connectivity index (χ4n) is 1.86. The number of aryl methyl sites for hydroxylation is 2. The summed E-state index contributed by atoms with van der Waals surface area (Å²) in [5, 5.41) is 3.76. The lowest BCUT2D eigenvalue weighted by molar-refractivity contribution is 0.0999. The first-order valence-corrected chi connectivity index (χ1v) is 5.54. The zero-order valence-electron chi connectivity index (χ0n) is 10.5. The van der Waals surface area contributed by atoms with Crippen molar-refractivity contribution in [3.63, 3.8) is 0 Å². The quantitative estimate of drug-likeness (QED) is 0.875.